The molecule has 20 heavy (non-hydrogen) atoms. The molecule has 3 rings (SSSR count). The molecule has 0 radical (unpaired) electrons. The van der Waals surface area contributed by atoms with E-state index in [9.17, 15) is 0 Å². The number of hydrogen-bond acceptors (Lipinski definition) is 2. The van der Waals surface area contributed by atoms with E-state index in [1.54, 1.807) is 11.1 Å². The van der Waals surface area contributed by atoms with Crippen LogP contribution in [0.15, 0.2) is 23.2 Å². The van der Waals surface area contributed by atoms with Gasteiger partial charge in [-0.25, -0.2) is 0 Å². The molecule has 0 N–H and O–H groups in total. The van der Waals surface area contributed by atoms with Gasteiger partial charge < -0.3 is 0 Å². The second-order valence-electron chi connectivity index (χ2n) is 7.55. The van der Waals surface area contributed by atoms with Crippen molar-refractivity contribution in [1.82, 2.24) is 0 Å². The van der Waals surface area contributed by atoms with Gasteiger partial charge in [-0.15, -0.1) is 11.8 Å². The van der Waals surface area contributed by atoms with Crippen LogP contribution in [0.1, 0.15) is 70.2 Å². The first-order valence-electron chi connectivity index (χ1n) is 7.62. The molecule has 1 unspecified atom stereocenters. The highest BCUT2D eigenvalue weighted by atomic mass is 32.2. The Morgan fingerprint density at radius 3 is 2.30 bits per heavy atom. The summed E-state index contributed by atoms with van der Waals surface area (Å²) in [5.74, 6) is 1.11. The molecule has 1 aliphatic heterocycles. The fourth-order valence-electron chi connectivity index (χ4n) is 3.48. The molecule has 1 heterocycles. The topological polar surface area (TPSA) is 12.4 Å². The average molecular weight is 287 g/mol. The van der Waals surface area contributed by atoms with E-state index in [1.165, 1.54) is 23.4 Å². The summed E-state index contributed by atoms with van der Waals surface area (Å²) in [7, 11) is 0. The third kappa shape index (κ3) is 2.32. The molecule has 1 nitrogen and oxygen atoms in total. The number of fused-ring (bicyclic) bond motifs is 1. The molecule has 1 aromatic carbocycles. The van der Waals surface area contributed by atoms with E-state index in [2.05, 4.69) is 52.8 Å². The van der Waals surface area contributed by atoms with E-state index < -0.39 is 0 Å². The summed E-state index contributed by atoms with van der Waals surface area (Å²) < 4.78 is 0. The second kappa shape index (κ2) is 4.62. The SMILES string of the molecule is CC1=NC(c2ccc3c(c2)C(C)(C)CCC3(C)C)CS1. The minimum atomic E-state index is 0.297. The Morgan fingerprint density at radius 1 is 1.05 bits per heavy atom. The van der Waals surface area contributed by atoms with Gasteiger partial charge in [0.15, 0.2) is 0 Å². The van der Waals surface area contributed by atoms with Crippen molar-refractivity contribution in [1.29, 1.82) is 0 Å². The molecule has 0 bridgehead atoms. The molecule has 1 aromatic rings. The van der Waals surface area contributed by atoms with E-state index in [0.29, 0.717) is 16.9 Å². The first-order valence-corrected chi connectivity index (χ1v) is 8.60. The molecule has 1 atom stereocenters. The van der Waals surface area contributed by atoms with Gasteiger partial charge in [-0.2, -0.15) is 0 Å². The van der Waals surface area contributed by atoms with Gasteiger partial charge in [-0.05, 0) is 47.3 Å². The van der Waals surface area contributed by atoms with Gasteiger partial charge in [0.25, 0.3) is 0 Å². The summed E-state index contributed by atoms with van der Waals surface area (Å²) in [6.07, 6.45) is 2.56. The zero-order chi connectivity index (χ0) is 14.5. The van der Waals surface area contributed by atoms with Crippen molar-refractivity contribution in [2.45, 2.75) is 64.3 Å². The van der Waals surface area contributed by atoms with Gasteiger partial charge >= 0.3 is 0 Å². The number of hydrogen-bond donors (Lipinski definition) is 0. The third-order valence-corrected chi connectivity index (χ3v) is 6.05. The highest BCUT2D eigenvalue weighted by Gasteiger charge is 2.37. The summed E-state index contributed by atoms with van der Waals surface area (Å²) in [4.78, 5) is 4.77. The maximum atomic E-state index is 4.77. The Balaban J connectivity index is 2.07. The fourth-order valence-corrected chi connectivity index (χ4v) is 4.35. The van der Waals surface area contributed by atoms with Gasteiger partial charge in [0, 0.05) is 5.75 Å². The number of nitrogens with zero attached hydrogens (tertiary/aromatic N) is 1. The molecule has 2 heteroatoms. The van der Waals surface area contributed by atoms with E-state index in [4.69, 9.17) is 4.99 Å². The predicted octanol–water partition coefficient (Wildman–Crippen LogP) is 5.24. The maximum Gasteiger partial charge on any atom is 0.0852 e. The van der Waals surface area contributed by atoms with Gasteiger partial charge in [-0.3, -0.25) is 4.99 Å². The molecule has 0 saturated heterocycles. The predicted molar refractivity (Wildman–Crippen MR) is 90.0 cm³/mol. The van der Waals surface area contributed by atoms with Crippen molar-refractivity contribution in [3.05, 3.63) is 34.9 Å². The number of benzene rings is 1. The van der Waals surface area contributed by atoms with Gasteiger partial charge in [0.1, 0.15) is 0 Å². The van der Waals surface area contributed by atoms with Crippen LogP contribution in [-0.2, 0) is 10.8 Å². The van der Waals surface area contributed by atoms with Gasteiger partial charge in [-0.1, -0.05) is 45.9 Å². The quantitative estimate of drug-likeness (QED) is 0.688. The number of rotatable bonds is 1. The number of thioether (sulfide) groups is 1. The summed E-state index contributed by atoms with van der Waals surface area (Å²) in [6, 6.07) is 7.50. The molecule has 0 saturated carbocycles. The fraction of sp³-hybridized carbons (Fsp3) is 0.611. The molecule has 1 aliphatic carbocycles. The minimum Gasteiger partial charge on any atom is -0.274 e. The van der Waals surface area contributed by atoms with Crippen LogP contribution in [0.4, 0.5) is 0 Å². The molecule has 0 amide bonds. The lowest BCUT2D eigenvalue weighted by Gasteiger charge is -2.42. The van der Waals surface area contributed by atoms with E-state index in [1.807, 2.05) is 11.8 Å². The Bertz CT molecular complexity index is 569. The molecule has 0 spiro atoms. The first-order chi connectivity index (χ1) is 9.29. The lowest BCUT2D eigenvalue weighted by molar-refractivity contribution is 0.331. The van der Waals surface area contributed by atoms with Crippen LogP contribution in [0.2, 0.25) is 0 Å². The normalized spacial score (nSPS) is 27.1. The second-order valence-corrected chi connectivity index (χ2v) is 8.76. The van der Waals surface area contributed by atoms with Crippen molar-refractivity contribution in [3.63, 3.8) is 0 Å². The average Bonchev–Trinajstić information content (AvgIpc) is 2.82. The van der Waals surface area contributed by atoms with Crippen molar-refractivity contribution in [2.75, 3.05) is 5.75 Å². The van der Waals surface area contributed by atoms with Crippen LogP contribution in [-0.4, -0.2) is 10.8 Å². The summed E-state index contributed by atoms with van der Waals surface area (Å²) in [5.41, 5.74) is 5.11. The third-order valence-electron chi connectivity index (χ3n) is 5.05. The molecule has 0 aromatic heterocycles. The minimum absolute atomic E-state index is 0.297. The smallest absolute Gasteiger partial charge is 0.0852 e. The molecule has 2 aliphatic rings. The first kappa shape index (κ1) is 14.2. The lowest BCUT2D eigenvalue weighted by atomic mass is 9.63. The monoisotopic (exact) mass is 287 g/mol. The molecular formula is C18H25NS. The maximum absolute atomic E-state index is 4.77. The highest BCUT2D eigenvalue weighted by molar-refractivity contribution is 8.14. The van der Waals surface area contributed by atoms with Crippen molar-refractivity contribution in [2.24, 2.45) is 4.99 Å². The van der Waals surface area contributed by atoms with Crippen LogP contribution >= 0.6 is 11.8 Å². The van der Waals surface area contributed by atoms with Crippen LogP contribution < -0.4 is 0 Å². The van der Waals surface area contributed by atoms with Crippen LogP contribution in [0.3, 0.4) is 0 Å². The van der Waals surface area contributed by atoms with E-state index >= 15 is 0 Å². The summed E-state index contributed by atoms with van der Waals surface area (Å²) >= 11 is 1.89. The Hall–Kier alpha value is -0.760. The van der Waals surface area contributed by atoms with Gasteiger partial charge in [0.05, 0.1) is 11.1 Å². The van der Waals surface area contributed by atoms with Gasteiger partial charge in [0.2, 0.25) is 0 Å². The zero-order valence-electron chi connectivity index (χ0n) is 13.3. The van der Waals surface area contributed by atoms with Crippen LogP contribution in [0.5, 0.6) is 0 Å². The van der Waals surface area contributed by atoms with E-state index in [0.717, 1.165) is 5.75 Å². The van der Waals surface area contributed by atoms with E-state index in [-0.39, 0.29) is 0 Å². The highest BCUT2D eigenvalue weighted by Crippen LogP contribution is 2.46. The van der Waals surface area contributed by atoms with Crippen LogP contribution in [0, 0.1) is 0 Å². The summed E-state index contributed by atoms with van der Waals surface area (Å²) in [5, 5.41) is 1.23. The standard InChI is InChI=1S/C18H25NS/c1-12-19-16(11-20-12)13-6-7-14-15(10-13)18(4,5)9-8-17(14,2)3/h6-7,10,16H,8-9,11H2,1-5H3. The molecule has 108 valence electrons. The zero-order valence-corrected chi connectivity index (χ0v) is 14.1. The Labute approximate surface area is 127 Å². The van der Waals surface area contributed by atoms with Crippen molar-refractivity contribution < 1.29 is 0 Å². The largest absolute Gasteiger partial charge is 0.274 e. The Morgan fingerprint density at radius 2 is 1.70 bits per heavy atom. The van der Waals surface area contributed by atoms with Crippen LogP contribution in [0.25, 0.3) is 0 Å². The lowest BCUT2D eigenvalue weighted by Crippen LogP contribution is -2.34. The molecule has 0 fully saturated rings. The Kier molecular flexibility index (Phi) is 3.28. The van der Waals surface area contributed by atoms with Crippen molar-refractivity contribution in [3.8, 4) is 0 Å². The number of aliphatic imine (C=N–C) groups is 1. The summed E-state index contributed by atoms with van der Waals surface area (Å²) in [6.45, 7) is 11.7. The molecular weight excluding hydrogens is 262 g/mol. The van der Waals surface area contributed by atoms with Crippen molar-refractivity contribution >= 4 is 16.8 Å².